The van der Waals surface area contributed by atoms with Crippen LogP contribution in [0.2, 0.25) is 0 Å². The lowest BCUT2D eigenvalue weighted by atomic mass is 10.0. The van der Waals surface area contributed by atoms with Crippen LogP contribution in [-0.4, -0.2) is 75.3 Å². The minimum atomic E-state index is -4.54. The van der Waals surface area contributed by atoms with E-state index in [1.807, 2.05) is 63.7 Å². The van der Waals surface area contributed by atoms with Crippen molar-refractivity contribution in [1.29, 1.82) is 0 Å². The molecule has 0 bridgehead atoms. The predicted octanol–water partition coefficient (Wildman–Crippen LogP) is 11.4. The largest absolute Gasteiger partial charge is 0.756 e. The van der Waals surface area contributed by atoms with Crippen LogP contribution in [-0.2, 0) is 27.9 Å². The van der Waals surface area contributed by atoms with Crippen LogP contribution in [0.25, 0.3) is 0 Å². The molecular weight excluding hydrogens is 725 g/mol. The number of rotatable bonds is 39. The number of carbonyl (C=O) groups excluding carboxylic acids is 1. The van der Waals surface area contributed by atoms with Gasteiger partial charge in [0.05, 0.1) is 40.1 Å². The van der Waals surface area contributed by atoms with Crippen molar-refractivity contribution < 1.29 is 42.4 Å². The Kier molecular flexibility index (Phi) is 36.7. The van der Waals surface area contributed by atoms with Crippen molar-refractivity contribution in [3.63, 3.8) is 0 Å². The molecule has 3 atom stereocenters. The van der Waals surface area contributed by atoms with Gasteiger partial charge in [0.15, 0.2) is 6.10 Å². The summed E-state index contributed by atoms with van der Waals surface area (Å²) in [7, 11) is 1.29. The Morgan fingerprint density at radius 2 is 1.29 bits per heavy atom. The van der Waals surface area contributed by atoms with Gasteiger partial charge in [-0.05, 0) is 57.4 Å². The van der Waals surface area contributed by atoms with E-state index in [1.165, 1.54) is 83.5 Å². The zero-order chi connectivity index (χ0) is 41.4. The molecule has 0 spiro atoms. The Morgan fingerprint density at radius 1 is 0.696 bits per heavy atom. The standard InChI is InChI=1S/C46H82NO8P/c1-6-8-10-12-14-15-16-17-18-19-20-21-24-27-31-35-40-52-45(43-55-56(50,51)54-41-39-47(3,4)5)42-53-46(49)38-34-30-26-23-22-25-29-33-37-44(48)36-32-28-13-11-9-7-2/h9,11,23,25-26,28-29,32-33,35,37,40,44-45,48H,6-8,10,12-22,24,27,30-31,34,36,38-39,41-43H2,1-5H3/b11-9-,26-23-,29-25-,32-28-,37-33+,40-35+/t44?,45-/m1/s1. The molecule has 0 aromatic rings. The second-order valence-corrected chi connectivity index (χ2v) is 17.0. The van der Waals surface area contributed by atoms with Gasteiger partial charge in [-0.25, -0.2) is 0 Å². The highest BCUT2D eigenvalue weighted by atomic mass is 31.2. The van der Waals surface area contributed by atoms with Crippen LogP contribution in [0.1, 0.15) is 155 Å². The van der Waals surface area contributed by atoms with Crippen LogP contribution in [0.4, 0.5) is 0 Å². The number of ether oxygens (including phenoxy) is 2. The molecule has 0 fully saturated rings. The number of aliphatic hydroxyl groups excluding tert-OH is 1. The van der Waals surface area contributed by atoms with E-state index in [0.29, 0.717) is 23.9 Å². The van der Waals surface area contributed by atoms with Crippen molar-refractivity contribution in [2.24, 2.45) is 0 Å². The molecule has 0 aliphatic carbocycles. The molecular formula is C46H82NO8P. The summed E-state index contributed by atoms with van der Waals surface area (Å²) in [6, 6.07) is 0. The second-order valence-electron chi connectivity index (χ2n) is 15.6. The highest BCUT2D eigenvalue weighted by Gasteiger charge is 2.19. The average molecular weight is 808 g/mol. The quantitative estimate of drug-likeness (QED) is 0.0124. The van der Waals surface area contributed by atoms with E-state index in [0.717, 1.165) is 38.5 Å². The molecule has 1 N–H and O–H groups in total. The van der Waals surface area contributed by atoms with Crippen LogP contribution in [0.15, 0.2) is 73.1 Å². The normalized spacial score (nSPS) is 15.0. The van der Waals surface area contributed by atoms with Gasteiger partial charge in [0.1, 0.15) is 19.8 Å². The van der Waals surface area contributed by atoms with Crippen molar-refractivity contribution in [2.45, 2.75) is 167 Å². The van der Waals surface area contributed by atoms with Crippen LogP contribution in [0.3, 0.4) is 0 Å². The predicted molar refractivity (Wildman–Crippen MR) is 232 cm³/mol. The molecule has 0 aromatic heterocycles. The molecule has 0 saturated heterocycles. The molecule has 0 aromatic carbocycles. The molecule has 10 heteroatoms. The van der Waals surface area contributed by atoms with Gasteiger partial charge in [-0.1, -0.05) is 158 Å². The number of hydrogen-bond donors (Lipinski definition) is 1. The lowest BCUT2D eigenvalue weighted by Crippen LogP contribution is -2.37. The fourth-order valence-electron chi connectivity index (χ4n) is 5.47. The zero-order valence-corrected chi connectivity index (χ0v) is 37.1. The molecule has 0 heterocycles. The summed E-state index contributed by atoms with van der Waals surface area (Å²) in [5.41, 5.74) is 0. The lowest BCUT2D eigenvalue weighted by molar-refractivity contribution is -0.870. The number of carbonyl (C=O) groups is 1. The topological polar surface area (TPSA) is 114 Å². The summed E-state index contributed by atoms with van der Waals surface area (Å²) in [6.45, 7) is 4.43. The Hall–Kier alpha value is -2.26. The third kappa shape index (κ3) is 41.4. The molecule has 0 rings (SSSR count). The van der Waals surface area contributed by atoms with Crippen LogP contribution < -0.4 is 4.89 Å². The van der Waals surface area contributed by atoms with E-state index in [1.54, 1.807) is 12.3 Å². The van der Waals surface area contributed by atoms with E-state index in [9.17, 15) is 19.4 Å². The van der Waals surface area contributed by atoms with Crippen molar-refractivity contribution in [2.75, 3.05) is 47.5 Å². The first-order valence-electron chi connectivity index (χ1n) is 21.8. The second kappa shape index (κ2) is 38.3. The molecule has 9 nitrogen and oxygen atoms in total. The third-order valence-electron chi connectivity index (χ3n) is 8.94. The summed E-state index contributed by atoms with van der Waals surface area (Å²) in [5.74, 6) is -0.376. The van der Waals surface area contributed by atoms with Crippen molar-refractivity contribution in [3.05, 3.63) is 73.1 Å². The molecule has 324 valence electrons. The van der Waals surface area contributed by atoms with E-state index >= 15 is 0 Å². The monoisotopic (exact) mass is 808 g/mol. The van der Waals surface area contributed by atoms with Crippen LogP contribution in [0, 0.1) is 0 Å². The number of hydrogen-bond acceptors (Lipinski definition) is 8. The van der Waals surface area contributed by atoms with Gasteiger partial charge in [-0.15, -0.1) is 0 Å². The maximum atomic E-state index is 12.5. The molecule has 0 saturated carbocycles. The lowest BCUT2D eigenvalue weighted by Gasteiger charge is -2.28. The van der Waals surface area contributed by atoms with E-state index in [-0.39, 0.29) is 32.2 Å². The van der Waals surface area contributed by atoms with E-state index in [2.05, 4.69) is 32.1 Å². The summed E-state index contributed by atoms with van der Waals surface area (Å²) >= 11 is 0. The number of phosphoric acid groups is 1. The number of unbranched alkanes of at least 4 members (excludes halogenated alkanes) is 15. The average Bonchev–Trinajstić information content (AvgIpc) is 3.15. The molecule has 0 aliphatic heterocycles. The highest BCUT2D eigenvalue weighted by molar-refractivity contribution is 7.45. The van der Waals surface area contributed by atoms with Gasteiger partial charge >= 0.3 is 5.97 Å². The Morgan fingerprint density at radius 3 is 1.93 bits per heavy atom. The van der Waals surface area contributed by atoms with Gasteiger partial charge in [0.2, 0.25) is 0 Å². The Balaban J connectivity index is 4.46. The Bertz CT molecular complexity index is 1140. The number of nitrogens with zero attached hydrogens (tertiary/aromatic N) is 1. The van der Waals surface area contributed by atoms with Crippen molar-refractivity contribution >= 4 is 13.8 Å². The van der Waals surface area contributed by atoms with Crippen molar-refractivity contribution in [3.8, 4) is 0 Å². The number of quaternary nitrogens is 1. The fourth-order valence-corrected chi connectivity index (χ4v) is 6.20. The number of phosphoric ester groups is 1. The molecule has 0 amide bonds. The van der Waals surface area contributed by atoms with Gasteiger partial charge in [0.25, 0.3) is 7.82 Å². The first kappa shape index (κ1) is 53.7. The number of allylic oxidation sites excluding steroid dienone is 9. The summed E-state index contributed by atoms with van der Waals surface area (Å²) in [5, 5.41) is 10.0. The molecule has 0 radical (unpaired) electrons. The zero-order valence-electron chi connectivity index (χ0n) is 36.2. The third-order valence-corrected chi connectivity index (χ3v) is 9.91. The first-order chi connectivity index (χ1) is 27.0. The molecule has 56 heavy (non-hydrogen) atoms. The SMILES string of the molecule is CC/C=C\C/C=C\CC(O)/C=C/C=C\C/C=C\CCCC(=O)OC[C@H](COP(=O)([O-])OCC[N+](C)(C)C)O/C=C/CCCCCCCCCCCCCCCC. The van der Waals surface area contributed by atoms with Gasteiger partial charge in [-0.2, -0.15) is 0 Å². The van der Waals surface area contributed by atoms with Crippen molar-refractivity contribution in [1.82, 2.24) is 0 Å². The summed E-state index contributed by atoms with van der Waals surface area (Å²) < 4.78 is 34.2. The molecule has 0 aliphatic rings. The molecule has 2 unspecified atom stereocenters. The van der Waals surface area contributed by atoms with E-state index < -0.39 is 20.0 Å². The van der Waals surface area contributed by atoms with Gasteiger partial charge in [0, 0.05) is 6.42 Å². The number of likely N-dealkylation sites (N-methyl/N-ethyl adjacent to an activating group) is 1. The minimum absolute atomic E-state index is 0.00557. The smallest absolute Gasteiger partial charge is 0.305 e. The Labute approximate surface area is 343 Å². The minimum Gasteiger partial charge on any atom is -0.756 e. The van der Waals surface area contributed by atoms with Gasteiger partial charge < -0.3 is 33.0 Å². The van der Waals surface area contributed by atoms with E-state index in [4.69, 9.17) is 18.5 Å². The summed E-state index contributed by atoms with van der Waals surface area (Å²) in [6.07, 6.45) is 46.2. The van der Waals surface area contributed by atoms with Gasteiger partial charge in [-0.3, -0.25) is 9.36 Å². The highest BCUT2D eigenvalue weighted by Crippen LogP contribution is 2.38. The number of aliphatic hydroxyl groups is 1. The summed E-state index contributed by atoms with van der Waals surface area (Å²) in [4.78, 5) is 24.8. The fraction of sp³-hybridized carbons (Fsp3) is 0.717. The maximum Gasteiger partial charge on any atom is 0.305 e. The van der Waals surface area contributed by atoms with Crippen LogP contribution in [0.5, 0.6) is 0 Å². The van der Waals surface area contributed by atoms with Crippen LogP contribution >= 0.6 is 7.82 Å². The first-order valence-corrected chi connectivity index (χ1v) is 23.3. The number of esters is 1. The maximum absolute atomic E-state index is 12.5.